The van der Waals surface area contributed by atoms with Crippen LogP contribution in [0.1, 0.15) is 46.8 Å². The molecule has 0 amide bonds. The number of hydrogen-bond donors (Lipinski definition) is 1. The second kappa shape index (κ2) is 8.27. The third kappa shape index (κ3) is 4.20. The topological polar surface area (TPSA) is 35.5 Å². The van der Waals surface area contributed by atoms with Crippen LogP contribution in [0.2, 0.25) is 0 Å². The van der Waals surface area contributed by atoms with Crippen molar-refractivity contribution in [3.63, 3.8) is 0 Å². The highest BCUT2D eigenvalue weighted by molar-refractivity contribution is 7.80. The first-order valence-electron chi connectivity index (χ1n) is 8.09. The van der Waals surface area contributed by atoms with Gasteiger partial charge < -0.3 is 9.47 Å². The van der Waals surface area contributed by atoms with Crippen LogP contribution < -0.4 is 4.74 Å². The fraction of sp³-hybridized carbons (Fsp3) is 0.500. The number of carbonyl (C=O) groups is 1. The largest absolute Gasteiger partial charge is 0.483 e. The van der Waals surface area contributed by atoms with Crippen LogP contribution >= 0.6 is 12.6 Å². The molecule has 1 unspecified atom stereocenters. The van der Waals surface area contributed by atoms with Gasteiger partial charge in [0, 0.05) is 17.5 Å². The van der Waals surface area contributed by atoms with E-state index in [9.17, 15) is 18.0 Å². The lowest BCUT2D eigenvalue weighted by molar-refractivity contribution is -0.258. The predicted molar refractivity (Wildman–Crippen MR) is 93.5 cm³/mol. The molecule has 1 aliphatic carbocycles. The molecule has 0 radical (unpaired) electrons. The van der Waals surface area contributed by atoms with Crippen LogP contribution in [-0.2, 0) is 17.6 Å². The summed E-state index contributed by atoms with van der Waals surface area (Å²) in [6.45, 7) is 3.80. The van der Waals surface area contributed by atoms with Crippen LogP contribution in [0.3, 0.4) is 0 Å². The van der Waals surface area contributed by atoms with E-state index >= 15 is 0 Å². The summed E-state index contributed by atoms with van der Waals surface area (Å²) in [5.41, 5.74) is 2.22. The number of halogens is 3. The van der Waals surface area contributed by atoms with Crippen molar-refractivity contribution in [1.29, 1.82) is 0 Å². The van der Waals surface area contributed by atoms with Crippen LogP contribution in [0.25, 0.3) is 6.08 Å². The number of ketones is 1. The second-order valence-electron chi connectivity index (χ2n) is 5.83. The monoisotopic (exact) mass is 374 g/mol. The Bertz CT molecular complexity index is 661. The summed E-state index contributed by atoms with van der Waals surface area (Å²) in [6.07, 6.45) is -1.43. The maximum atomic E-state index is 13.3. The van der Waals surface area contributed by atoms with Crippen molar-refractivity contribution in [3.8, 4) is 5.75 Å². The number of fused-ring (bicyclic) bond motifs is 1. The SMILES string of the molecule is C=Cc1c(CCCC)cc(OCS)c2c1C(=O)C(OC(F)(F)CF)C2. The first kappa shape index (κ1) is 19.8. The van der Waals surface area contributed by atoms with Crippen LogP contribution in [-0.4, -0.2) is 30.6 Å². The maximum absolute atomic E-state index is 13.3. The van der Waals surface area contributed by atoms with Gasteiger partial charge in [-0.1, -0.05) is 26.0 Å². The molecule has 0 saturated carbocycles. The van der Waals surface area contributed by atoms with Gasteiger partial charge in [0.15, 0.2) is 12.5 Å². The molecule has 0 spiro atoms. The van der Waals surface area contributed by atoms with Gasteiger partial charge in [-0.2, -0.15) is 8.78 Å². The molecule has 1 atom stereocenters. The predicted octanol–water partition coefficient (Wildman–Crippen LogP) is 4.62. The van der Waals surface area contributed by atoms with E-state index in [-0.39, 0.29) is 17.9 Å². The zero-order chi connectivity index (χ0) is 18.6. The van der Waals surface area contributed by atoms with Gasteiger partial charge in [-0.05, 0) is 30.0 Å². The Kier molecular flexibility index (Phi) is 6.57. The Morgan fingerprint density at radius 3 is 2.76 bits per heavy atom. The molecule has 7 heteroatoms. The van der Waals surface area contributed by atoms with Gasteiger partial charge in [0.1, 0.15) is 17.8 Å². The minimum absolute atomic E-state index is 0.0768. The van der Waals surface area contributed by atoms with E-state index in [1.54, 1.807) is 12.1 Å². The number of Topliss-reactive ketones (excluding diaryl/α,β-unsaturated/α-hetero) is 1. The van der Waals surface area contributed by atoms with Crippen molar-refractivity contribution in [2.24, 2.45) is 0 Å². The molecule has 25 heavy (non-hydrogen) atoms. The first-order valence-corrected chi connectivity index (χ1v) is 8.72. The second-order valence-corrected chi connectivity index (χ2v) is 6.09. The number of unbranched alkanes of at least 4 members (excludes halogenated alkanes) is 1. The Balaban J connectivity index is 2.48. The number of hydrogen-bond acceptors (Lipinski definition) is 4. The number of aryl methyl sites for hydroxylation is 1. The molecular weight excluding hydrogens is 353 g/mol. The summed E-state index contributed by atoms with van der Waals surface area (Å²) in [4.78, 5) is 12.6. The number of rotatable bonds is 9. The van der Waals surface area contributed by atoms with Gasteiger partial charge in [0.2, 0.25) is 0 Å². The molecule has 1 aromatic rings. The van der Waals surface area contributed by atoms with E-state index in [1.807, 2.05) is 6.92 Å². The van der Waals surface area contributed by atoms with Gasteiger partial charge in [-0.3, -0.25) is 4.79 Å². The lowest BCUT2D eigenvalue weighted by Gasteiger charge is -2.17. The summed E-state index contributed by atoms with van der Waals surface area (Å²) >= 11 is 4.03. The highest BCUT2D eigenvalue weighted by atomic mass is 32.1. The van der Waals surface area contributed by atoms with Crippen molar-refractivity contribution >= 4 is 24.5 Å². The van der Waals surface area contributed by atoms with Crippen LogP contribution in [0.5, 0.6) is 5.75 Å². The van der Waals surface area contributed by atoms with Crippen LogP contribution in [0.4, 0.5) is 13.2 Å². The zero-order valence-electron chi connectivity index (χ0n) is 14.0. The molecule has 138 valence electrons. The minimum atomic E-state index is -3.99. The quantitative estimate of drug-likeness (QED) is 0.506. The van der Waals surface area contributed by atoms with E-state index in [2.05, 4.69) is 23.9 Å². The van der Waals surface area contributed by atoms with Gasteiger partial charge in [0.25, 0.3) is 0 Å². The van der Waals surface area contributed by atoms with E-state index in [0.29, 0.717) is 23.3 Å². The minimum Gasteiger partial charge on any atom is -0.483 e. The smallest absolute Gasteiger partial charge is 0.384 e. The molecule has 1 aliphatic rings. The standard InChI is InChI=1S/C18H21F3O3S/c1-3-5-6-11-7-14(23-10-25)13-8-15(24-18(20,21)9-19)17(22)16(13)12(11)4-2/h4,7,15,25H,2-3,5-6,8-10H2,1H3. The van der Waals surface area contributed by atoms with Gasteiger partial charge in [-0.25, -0.2) is 4.39 Å². The molecule has 3 nitrogen and oxygen atoms in total. The number of carbonyl (C=O) groups excluding carboxylic acids is 1. The Morgan fingerprint density at radius 1 is 1.48 bits per heavy atom. The molecule has 0 bridgehead atoms. The van der Waals surface area contributed by atoms with E-state index in [4.69, 9.17) is 4.74 Å². The first-order chi connectivity index (χ1) is 11.9. The van der Waals surface area contributed by atoms with Crippen molar-refractivity contribution in [1.82, 2.24) is 0 Å². The van der Waals surface area contributed by atoms with Gasteiger partial charge in [-0.15, -0.1) is 12.6 Å². The van der Waals surface area contributed by atoms with Crippen LogP contribution in [0.15, 0.2) is 12.6 Å². The summed E-state index contributed by atoms with van der Waals surface area (Å²) < 4.78 is 48.8. The van der Waals surface area contributed by atoms with E-state index in [1.165, 1.54) is 0 Å². The Hall–Kier alpha value is -1.47. The number of ether oxygens (including phenoxy) is 2. The van der Waals surface area contributed by atoms with Gasteiger partial charge in [0.05, 0.1) is 0 Å². The highest BCUT2D eigenvalue weighted by Crippen LogP contribution is 2.39. The fourth-order valence-electron chi connectivity index (χ4n) is 3.03. The third-order valence-electron chi connectivity index (χ3n) is 4.14. The van der Waals surface area contributed by atoms with Crippen molar-refractivity contribution < 1.29 is 27.4 Å². The van der Waals surface area contributed by atoms with E-state index in [0.717, 1.165) is 18.4 Å². The van der Waals surface area contributed by atoms with Gasteiger partial charge >= 0.3 is 6.11 Å². The Labute approximate surface area is 150 Å². The zero-order valence-corrected chi connectivity index (χ0v) is 14.9. The molecule has 2 rings (SSSR count). The number of benzene rings is 1. The number of thiol groups is 1. The van der Waals surface area contributed by atoms with Crippen molar-refractivity contribution in [3.05, 3.63) is 34.9 Å². The summed E-state index contributed by atoms with van der Waals surface area (Å²) in [6, 6.07) is 1.80. The molecule has 0 aliphatic heterocycles. The molecule has 1 aromatic carbocycles. The van der Waals surface area contributed by atoms with E-state index < -0.39 is 24.7 Å². The molecule has 0 aromatic heterocycles. The summed E-state index contributed by atoms with van der Waals surface area (Å²) in [7, 11) is 0. The van der Waals surface area contributed by atoms with Crippen molar-refractivity contribution in [2.45, 2.75) is 44.8 Å². The average Bonchev–Trinajstić information content (AvgIpc) is 2.90. The molecule has 0 fully saturated rings. The Morgan fingerprint density at radius 2 is 2.20 bits per heavy atom. The maximum Gasteiger partial charge on any atom is 0.384 e. The lowest BCUT2D eigenvalue weighted by Crippen LogP contribution is -2.33. The third-order valence-corrected chi connectivity index (χ3v) is 4.27. The summed E-state index contributed by atoms with van der Waals surface area (Å²) in [5.74, 6) is -0.0990. The average molecular weight is 374 g/mol. The molecular formula is C18H21F3O3S. The highest BCUT2D eigenvalue weighted by Gasteiger charge is 2.43. The lowest BCUT2D eigenvalue weighted by atomic mass is 9.93. The molecule has 0 N–H and O–H groups in total. The fourth-order valence-corrected chi connectivity index (χ4v) is 3.17. The van der Waals surface area contributed by atoms with Crippen molar-refractivity contribution in [2.75, 3.05) is 12.6 Å². The number of alkyl halides is 3. The van der Waals surface area contributed by atoms with Crippen LogP contribution in [0, 0.1) is 0 Å². The normalized spacial score (nSPS) is 16.8. The molecule has 0 heterocycles. The summed E-state index contributed by atoms with van der Waals surface area (Å²) in [5, 5.41) is 0. The molecule has 0 saturated heterocycles.